The molecule has 1 aromatic carbocycles. The number of carbonyl (C=O) groups is 1. The quantitative estimate of drug-likeness (QED) is 0.931. The van der Waals surface area contributed by atoms with E-state index in [0.29, 0.717) is 12.8 Å². The lowest BCUT2D eigenvalue weighted by Gasteiger charge is -2.25. The molecular formula is C13H15BrO3. The highest BCUT2D eigenvalue weighted by molar-refractivity contribution is 9.10. The van der Waals surface area contributed by atoms with Gasteiger partial charge in [0.25, 0.3) is 0 Å². The van der Waals surface area contributed by atoms with Crippen LogP contribution in [-0.4, -0.2) is 18.2 Å². The molecule has 1 N–H and O–H groups in total. The van der Waals surface area contributed by atoms with Crippen LogP contribution in [0.2, 0.25) is 0 Å². The molecule has 1 aliphatic carbocycles. The number of carboxylic acids is 1. The number of ether oxygens (including phenoxy) is 1. The van der Waals surface area contributed by atoms with E-state index in [1.54, 1.807) is 7.11 Å². The van der Waals surface area contributed by atoms with Gasteiger partial charge < -0.3 is 9.84 Å². The van der Waals surface area contributed by atoms with Crippen molar-refractivity contribution in [3.05, 3.63) is 28.2 Å². The summed E-state index contributed by atoms with van der Waals surface area (Å²) < 4.78 is 5.95. The molecule has 0 heterocycles. The summed E-state index contributed by atoms with van der Waals surface area (Å²) >= 11 is 3.46. The van der Waals surface area contributed by atoms with E-state index in [4.69, 9.17) is 4.74 Å². The summed E-state index contributed by atoms with van der Waals surface area (Å²) in [6.07, 6.45) is 3.38. The molecule has 4 heteroatoms. The van der Waals surface area contributed by atoms with Crippen LogP contribution in [0, 0.1) is 0 Å². The summed E-state index contributed by atoms with van der Waals surface area (Å²) in [6, 6.07) is 5.52. The molecule has 0 spiro atoms. The van der Waals surface area contributed by atoms with E-state index in [1.165, 1.54) is 0 Å². The minimum Gasteiger partial charge on any atom is -0.497 e. The van der Waals surface area contributed by atoms with Crippen LogP contribution in [-0.2, 0) is 10.2 Å². The molecule has 1 fully saturated rings. The van der Waals surface area contributed by atoms with Gasteiger partial charge in [0.05, 0.1) is 12.5 Å². The first-order valence-electron chi connectivity index (χ1n) is 5.67. The molecule has 92 valence electrons. The lowest BCUT2D eigenvalue weighted by molar-refractivity contribution is -0.143. The number of methoxy groups -OCH3 is 1. The molecule has 0 saturated heterocycles. The summed E-state index contributed by atoms with van der Waals surface area (Å²) in [5, 5.41) is 9.52. The van der Waals surface area contributed by atoms with Gasteiger partial charge in [-0.05, 0) is 30.5 Å². The van der Waals surface area contributed by atoms with Crippen LogP contribution < -0.4 is 4.74 Å². The van der Waals surface area contributed by atoms with Gasteiger partial charge in [0.2, 0.25) is 0 Å². The Morgan fingerprint density at radius 1 is 1.41 bits per heavy atom. The summed E-state index contributed by atoms with van der Waals surface area (Å²) in [4.78, 5) is 11.6. The Bertz CT molecular complexity index is 436. The number of rotatable bonds is 3. The second-order valence-corrected chi connectivity index (χ2v) is 5.29. The van der Waals surface area contributed by atoms with Gasteiger partial charge in [-0.1, -0.05) is 34.8 Å². The van der Waals surface area contributed by atoms with E-state index in [1.807, 2.05) is 18.2 Å². The van der Waals surface area contributed by atoms with Crippen molar-refractivity contribution in [2.75, 3.05) is 7.11 Å². The van der Waals surface area contributed by atoms with Crippen LogP contribution >= 0.6 is 15.9 Å². The van der Waals surface area contributed by atoms with Crippen LogP contribution in [0.3, 0.4) is 0 Å². The standard InChI is InChI=1S/C13H15BrO3/c1-17-9-4-5-10(11(14)8-9)13(12(15)16)6-2-3-7-13/h4-5,8H,2-3,6-7H2,1H3,(H,15,16). The Morgan fingerprint density at radius 2 is 2.06 bits per heavy atom. The predicted octanol–water partition coefficient (Wildman–Crippen LogP) is 3.35. The molecule has 0 unspecified atom stereocenters. The minimum atomic E-state index is -0.721. The van der Waals surface area contributed by atoms with Gasteiger partial charge in [0, 0.05) is 4.47 Å². The van der Waals surface area contributed by atoms with Gasteiger partial charge in [0.1, 0.15) is 5.75 Å². The first-order chi connectivity index (χ1) is 8.10. The minimum absolute atomic E-state index is 0.716. The smallest absolute Gasteiger partial charge is 0.314 e. The highest BCUT2D eigenvalue weighted by Crippen LogP contribution is 2.44. The zero-order chi connectivity index (χ0) is 12.5. The summed E-state index contributed by atoms with van der Waals surface area (Å²) in [7, 11) is 1.60. The summed E-state index contributed by atoms with van der Waals surface area (Å²) in [6.45, 7) is 0. The van der Waals surface area contributed by atoms with Gasteiger partial charge in [0.15, 0.2) is 0 Å². The van der Waals surface area contributed by atoms with Crippen molar-refractivity contribution in [1.29, 1.82) is 0 Å². The van der Waals surface area contributed by atoms with Crippen LogP contribution in [0.15, 0.2) is 22.7 Å². The van der Waals surface area contributed by atoms with Crippen LogP contribution in [0.5, 0.6) is 5.75 Å². The van der Waals surface area contributed by atoms with Gasteiger partial charge in [-0.3, -0.25) is 4.79 Å². The average molecular weight is 299 g/mol. The SMILES string of the molecule is COc1ccc(C2(C(=O)O)CCCC2)c(Br)c1. The van der Waals surface area contributed by atoms with Gasteiger partial charge in [-0.15, -0.1) is 0 Å². The topological polar surface area (TPSA) is 46.5 Å². The van der Waals surface area contributed by atoms with Crippen LogP contribution in [0.4, 0.5) is 0 Å². The lowest BCUT2D eigenvalue weighted by atomic mass is 9.79. The third kappa shape index (κ3) is 2.06. The van der Waals surface area contributed by atoms with Crippen molar-refractivity contribution in [2.24, 2.45) is 0 Å². The molecule has 0 atom stereocenters. The molecule has 2 rings (SSSR count). The highest BCUT2D eigenvalue weighted by atomic mass is 79.9. The van der Waals surface area contributed by atoms with Gasteiger partial charge >= 0.3 is 5.97 Å². The van der Waals surface area contributed by atoms with E-state index in [2.05, 4.69) is 15.9 Å². The number of halogens is 1. The molecule has 0 amide bonds. The molecule has 1 saturated carbocycles. The average Bonchev–Trinajstić information content (AvgIpc) is 2.79. The fourth-order valence-electron chi connectivity index (χ4n) is 2.59. The van der Waals surface area contributed by atoms with Crippen molar-refractivity contribution in [3.63, 3.8) is 0 Å². The Morgan fingerprint density at radius 3 is 2.53 bits per heavy atom. The van der Waals surface area contributed by atoms with Crippen molar-refractivity contribution < 1.29 is 14.6 Å². The zero-order valence-corrected chi connectivity index (χ0v) is 11.3. The normalized spacial score (nSPS) is 18.0. The number of aliphatic carboxylic acids is 1. The molecule has 17 heavy (non-hydrogen) atoms. The summed E-state index contributed by atoms with van der Waals surface area (Å²) in [5.74, 6) is 0.0139. The first-order valence-corrected chi connectivity index (χ1v) is 6.47. The van der Waals surface area contributed by atoms with E-state index in [-0.39, 0.29) is 0 Å². The third-order valence-electron chi connectivity index (χ3n) is 3.56. The molecule has 0 aliphatic heterocycles. The Hall–Kier alpha value is -1.03. The van der Waals surface area contributed by atoms with Crippen LogP contribution in [0.1, 0.15) is 31.2 Å². The Balaban J connectivity index is 2.47. The Labute approximate surface area is 109 Å². The molecule has 0 radical (unpaired) electrons. The fraction of sp³-hybridized carbons (Fsp3) is 0.462. The number of benzene rings is 1. The van der Waals surface area contributed by atoms with E-state index >= 15 is 0 Å². The fourth-order valence-corrected chi connectivity index (χ4v) is 3.33. The van der Waals surface area contributed by atoms with E-state index in [0.717, 1.165) is 28.6 Å². The number of hydrogen-bond acceptors (Lipinski definition) is 2. The maximum atomic E-state index is 11.6. The van der Waals surface area contributed by atoms with E-state index < -0.39 is 11.4 Å². The summed E-state index contributed by atoms with van der Waals surface area (Å²) in [5.41, 5.74) is 0.147. The van der Waals surface area contributed by atoms with Gasteiger partial charge in [-0.2, -0.15) is 0 Å². The largest absolute Gasteiger partial charge is 0.497 e. The second-order valence-electron chi connectivity index (χ2n) is 4.44. The van der Waals surface area contributed by atoms with Crippen molar-refractivity contribution >= 4 is 21.9 Å². The molecular weight excluding hydrogens is 284 g/mol. The van der Waals surface area contributed by atoms with E-state index in [9.17, 15) is 9.90 Å². The maximum Gasteiger partial charge on any atom is 0.314 e. The van der Waals surface area contributed by atoms with Crippen molar-refractivity contribution in [2.45, 2.75) is 31.1 Å². The molecule has 0 bridgehead atoms. The first kappa shape index (κ1) is 12.4. The number of carboxylic acid groups (broad SMARTS) is 1. The maximum absolute atomic E-state index is 11.6. The molecule has 1 aromatic rings. The second kappa shape index (κ2) is 4.69. The monoisotopic (exact) mass is 298 g/mol. The number of hydrogen-bond donors (Lipinski definition) is 1. The van der Waals surface area contributed by atoms with Crippen molar-refractivity contribution in [3.8, 4) is 5.75 Å². The zero-order valence-electron chi connectivity index (χ0n) is 9.70. The molecule has 3 nitrogen and oxygen atoms in total. The predicted molar refractivity (Wildman–Crippen MR) is 68.5 cm³/mol. The Kier molecular flexibility index (Phi) is 3.43. The molecule has 0 aromatic heterocycles. The highest BCUT2D eigenvalue weighted by Gasteiger charge is 2.44. The van der Waals surface area contributed by atoms with Gasteiger partial charge in [-0.25, -0.2) is 0 Å². The third-order valence-corrected chi connectivity index (χ3v) is 4.21. The lowest BCUT2D eigenvalue weighted by Crippen LogP contribution is -2.32. The molecule has 1 aliphatic rings. The van der Waals surface area contributed by atoms with Crippen LogP contribution in [0.25, 0.3) is 0 Å². The van der Waals surface area contributed by atoms with Crippen molar-refractivity contribution in [1.82, 2.24) is 0 Å².